The quantitative estimate of drug-likeness (QED) is 0.717. The highest BCUT2D eigenvalue weighted by Gasteiger charge is 2.30. The molecule has 4 nitrogen and oxygen atoms in total. The Hall–Kier alpha value is 0.160. The van der Waals surface area contributed by atoms with Gasteiger partial charge in [-0.1, -0.05) is 0 Å². The minimum Gasteiger partial charge on any atom is -0.296 e. The molecular weight excluding hydrogens is 248 g/mol. The Morgan fingerprint density at radius 1 is 1.12 bits per heavy atom. The van der Waals surface area contributed by atoms with Crippen LogP contribution in [0.3, 0.4) is 0 Å². The summed E-state index contributed by atoms with van der Waals surface area (Å²) in [7, 11) is -3.13. The van der Waals surface area contributed by atoms with Crippen LogP contribution in [0.4, 0.5) is 0 Å². The van der Waals surface area contributed by atoms with E-state index in [2.05, 4.69) is 25.7 Å². The maximum Gasteiger partial charge on any atom is 0.215 e. The molecule has 1 saturated heterocycles. The van der Waals surface area contributed by atoms with Crippen LogP contribution in [-0.4, -0.2) is 61.0 Å². The van der Waals surface area contributed by atoms with Crippen molar-refractivity contribution in [1.82, 2.24) is 9.21 Å². The summed E-state index contributed by atoms with van der Waals surface area (Å²) in [6.07, 6.45) is 0. The molecule has 0 aromatic heterocycles. The van der Waals surface area contributed by atoms with Crippen molar-refractivity contribution in [2.75, 3.05) is 37.8 Å². The van der Waals surface area contributed by atoms with Crippen molar-refractivity contribution >= 4 is 21.6 Å². The van der Waals surface area contributed by atoms with Crippen LogP contribution in [0.2, 0.25) is 0 Å². The van der Waals surface area contributed by atoms with Gasteiger partial charge in [-0.2, -0.15) is 4.31 Å². The van der Waals surface area contributed by atoms with E-state index in [4.69, 9.17) is 11.6 Å². The van der Waals surface area contributed by atoms with Crippen LogP contribution in [0.15, 0.2) is 0 Å². The van der Waals surface area contributed by atoms with Gasteiger partial charge in [-0.15, -0.1) is 11.6 Å². The van der Waals surface area contributed by atoms with Gasteiger partial charge in [-0.05, 0) is 20.8 Å². The van der Waals surface area contributed by atoms with Crippen molar-refractivity contribution in [2.24, 2.45) is 0 Å². The van der Waals surface area contributed by atoms with Crippen molar-refractivity contribution in [2.45, 2.75) is 26.3 Å². The zero-order valence-corrected chi connectivity index (χ0v) is 11.8. The van der Waals surface area contributed by atoms with Crippen molar-refractivity contribution in [1.29, 1.82) is 0 Å². The second-order valence-corrected chi connectivity index (χ2v) is 7.53. The largest absolute Gasteiger partial charge is 0.296 e. The lowest BCUT2D eigenvalue weighted by atomic mass is 10.1. The molecule has 1 aliphatic heterocycles. The van der Waals surface area contributed by atoms with Crippen LogP contribution in [-0.2, 0) is 10.0 Å². The van der Waals surface area contributed by atoms with Gasteiger partial charge in [0.15, 0.2) is 0 Å². The number of nitrogens with zero attached hydrogens (tertiary/aromatic N) is 2. The highest BCUT2D eigenvalue weighted by Crippen LogP contribution is 2.17. The first-order chi connectivity index (χ1) is 7.27. The van der Waals surface area contributed by atoms with Gasteiger partial charge in [0.2, 0.25) is 10.0 Å². The van der Waals surface area contributed by atoms with Gasteiger partial charge in [0, 0.05) is 37.6 Å². The van der Waals surface area contributed by atoms with E-state index in [1.807, 2.05) is 0 Å². The van der Waals surface area contributed by atoms with E-state index in [1.54, 1.807) is 4.31 Å². The van der Waals surface area contributed by atoms with Gasteiger partial charge < -0.3 is 0 Å². The highest BCUT2D eigenvalue weighted by molar-refractivity contribution is 7.89. The lowest BCUT2D eigenvalue weighted by Gasteiger charge is -2.41. The molecule has 1 rings (SSSR count). The summed E-state index contributed by atoms with van der Waals surface area (Å²) in [6, 6.07) is 0. The highest BCUT2D eigenvalue weighted by atomic mass is 35.5. The summed E-state index contributed by atoms with van der Waals surface area (Å²) in [5, 5.41) is 0. The molecule has 1 fully saturated rings. The molecule has 0 N–H and O–H groups in total. The summed E-state index contributed by atoms with van der Waals surface area (Å²) in [4.78, 5) is 2.31. The minimum absolute atomic E-state index is 0.0457. The van der Waals surface area contributed by atoms with E-state index < -0.39 is 10.0 Å². The van der Waals surface area contributed by atoms with E-state index in [0.717, 1.165) is 13.1 Å². The number of piperazine rings is 1. The Labute approximate surface area is 104 Å². The van der Waals surface area contributed by atoms with E-state index >= 15 is 0 Å². The van der Waals surface area contributed by atoms with Gasteiger partial charge in [0.05, 0.1) is 5.75 Å². The van der Waals surface area contributed by atoms with Crippen LogP contribution >= 0.6 is 11.6 Å². The number of sulfonamides is 1. The average Bonchev–Trinajstić information content (AvgIpc) is 2.16. The number of hydrogen-bond donors (Lipinski definition) is 0. The van der Waals surface area contributed by atoms with E-state index in [1.165, 1.54) is 0 Å². The molecule has 0 aliphatic carbocycles. The molecule has 0 aromatic rings. The Balaban J connectivity index is 2.56. The summed E-state index contributed by atoms with van der Waals surface area (Å²) in [6.45, 7) is 9.20. The molecule has 0 bridgehead atoms. The third-order valence-corrected chi connectivity index (χ3v) is 5.20. The molecule has 1 aliphatic rings. The third kappa shape index (κ3) is 3.58. The predicted molar refractivity (Wildman–Crippen MR) is 67.4 cm³/mol. The molecular formula is C10H21ClN2O2S. The Bertz CT molecular complexity index is 316. The Morgan fingerprint density at radius 3 is 2.00 bits per heavy atom. The van der Waals surface area contributed by atoms with Gasteiger partial charge in [-0.3, -0.25) is 4.90 Å². The van der Waals surface area contributed by atoms with Crippen molar-refractivity contribution in [3.05, 3.63) is 0 Å². The molecule has 96 valence electrons. The van der Waals surface area contributed by atoms with E-state index in [-0.39, 0.29) is 17.2 Å². The van der Waals surface area contributed by atoms with Crippen molar-refractivity contribution in [3.8, 4) is 0 Å². The molecule has 0 radical (unpaired) electrons. The average molecular weight is 269 g/mol. The maximum atomic E-state index is 11.8. The number of rotatable bonds is 3. The minimum atomic E-state index is -3.13. The van der Waals surface area contributed by atoms with Crippen LogP contribution in [0.25, 0.3) is 0 Å². The number of hydrogen-bond acceptors (Lipinski definition) is 3. The molecule has 0 aromatic carbocycles. The Kier molecular flexibility index (Phi) is 4.63. The zero-order valence-electron chi connectivity index (χ0n) is 10.2. The third-order valence-electron chi connectivity index (χ3n) is 2.92. The fraction of sp³-hybridized carbons (Fsp3) is 1.00. The normalized spacial score (nSPS) is 21.2. The fourth-order valence-corrected chi connectivity index (χ4v) is 3.62. The topological polar surface area (TPSA) is 40.6 Å². The van der Waals surface area contributed by atoms with Crippen LogP contribution in [0.1, 0.15) is 20.8 Å². The molecule has 1 heterocycles. The lowest BCUT2D eigenvalue weighted by Crippen LogP contribution is -2.54. The maximum absolute atomic E-state index is 11.8. The summed E-state index contributed by atoms with van der Waals surface area (Å²) < 4.78 is 25.1. The van der Waals surface area contributed by atoms with Crippen LogP contribution in [0, 0.1) is 0 Å². The second-order valence-electron chi connectivity index (χ2n) is 5.06. The standard InChI is InChI=1S/C10H21ClN2O2S/c1-10(2,3)12-5-7-13(8-6-12)16(14,15)9-4-11/h4-9H2,1-3H3. The van der Waals surface area contributed by atoms with Gasteiger partial charge in [0.1, 0.15) is 0 Å². The summed E-state index contributed by atoms with van der Waals surface area (Å²) >= 11 is 5.49. The first-order valence-corrected chi connectivity index (χ1v) is 7.70. The predicted octanol–water partition coefficient (Wildman–Crippen LogP) is 0.971. The van der Waals surface area contributed by atoms with Crippen LogP contribution < -0.4 is 0 Å². The monoisotopic (exact) mass is 268 g/mol. The first kappa shape index (κ1) is 14.2. The van der Waals surface area contributed by atoms with E-state index in [9.17, 15) is 8.42 Å². The summed E-state index contributed by atoms with van der Waals surface area (Å²) in [5.41, 5.74) is 0.113. The van der Waals surface area contributed by atoms with Gasteiger partial charge in [-0.25, -0.2) is 8.42 Å². The summed E-state index contributed by atoms with van der Waals surface area (Å²) in [5.74, 6) is 0.214. The molecule has 0 atom stereocenters. The second kappa shape index (κ2) is 5.21. The number of halogens is 1. The molecule has 0 saturated carbocycles. The smallest absolute Gasteiger partial charge is 0.215 e. The fourth-order valence-electron chi connectivity index (χ4n) is 1.86. The molecule has 16 heavy (non-hydrogen) atoms. The SMILES string of the molecule is CC(C)(C)N1CCN(S(=O)(=O)CCCl)CC1. The first-order valence-electron chi connectivity index (χ1n) is 5.56. The molecule has 0 unspecified atom stereocenters. The molecule has 0 amide bonds. The molecule has 6 heteroatoms. The van der Waals surface area contributed by atoms with E-state index in [0.29, 0.717) is 13.1 Å². The Morgan fingerprint density at radius 2 is 1.62 bits per heavy atom. The number of alkyl halides is 1. The van der Waals surface area contributed by atoms with Crippen LogP contribution in [0.5, 0.6) is 0 Å². The van der Waals surface area contributed by atoms with Crippen molar-refractivity contribution in [3.63, 3.8) is 0 Å². The van der Waals surface area contributed by atoms with Crippen molar-refractivity contribution < 1.29 is 8.42 Å². The van der Waals surface area contributed by atoms with Gasteiger partial charge in [0.25, 0.3) is 0 Å². The zero-order chi connectivity index (χ0) is 12.4. The molecule has 0 spiro atoms. The van der Waals surface area contributed by atoms with Gasteiger partial charge >= 0.3 is 0 Å². The lowest BCUT2D eigenvalue weighted by molar-refractivity contribution is 0.0922.